The Morgan fingerprint density at radius 1 is 0.962 bits per heavy atom. The molecule has 1 fully saturated rings. The molecule has 0 heterocycles. The van der Waals surface area contributed by atoms with E-state index in [4.69, 9.17) is 23.2 Å². The molecule has 26 heavy (non-hydrogen) atoms. The van der Waals surface area contributed by atoms with Gasteiger partial charge in [0.2, 0.25) is 0 Å². The second kappa shape index (κ2) is 6.93. The van der Waals surface area contributed by atoms with E-state index in [-0.39, 0.29) is 23.4 Å². The van der Waals surface area contributed by atoms with Crippen molar-refractivity contribution in [2.24, 2.45) is 0 Å². The number of ether oxygens (including phenoxy) is 1. The summed E-state index contributed by atoms with van der Waals surface area (Å²) >= 11 is 12.0. The lowest BCUT2D eigenvalue weighted by atomic mass is 9.91. The number of alkyl halides is 3. The van der Waals surface area contributed by atoms with E-state index >= 15 is 0 Å². The molecule has 0 saturated heterocycles. The molecule has 1 aliphatic rings. The van der Waals surface area contributed by atoms with Crippen LogP contribution in [0.4, 0.5) is 13.2 Å². The number of rotatable bonds is 3. The second-order valence-electron chi connectivity index (χ2n) is 5.79. The van der Waals surface area contributed by atoms with Crippen LogP contribution < -0.4 is 4.74 Å². The summed E-state index contributed by atoms with van der Waals surface area (Å²) in [5.41, 5.74) is 0.843. The van der Waals surface area contributed by atoms with Crippen molar-refractivity contribution >= 4 is 34.8 Å². The summed E-state index contributed by atoms with van der Waals surface area (Å²) in [6.07, 6.45) is -4.94. The van der Waals surface area contributed by atoms with E-state index in [1.165, 1.54) is 18.2 Å². The van der Waals surface area contributed by atoms with Gasteiger partial charge in [-0.05, 0) is 29.8 Å². The number of carbonyl (C=O) groups excluding carboxylic acids is 2. The Bertz CT molecular complexity index is 878. The van der Waals surface area contributed by atoms with Crippen LogP contribution in [0.1, 0.15) is 24.3 Å². The maximum Gasteiger partial charge on any atom is 0.573 e. The highest BCUT2D eigenvalue weighted by Crippen LogP contribution is 2.40. The Morgan fingerprint density at radius 2 is 1.62 bits per heavy atom. The summed E-state index contributed by atoms with van der Waals surface area (Å²) in [6, 6.07) is 8.47. The summed E-state index contributed by atoms with van der Waals surface area (Å²) in [6.45, 7) is 0. The van der Waals surface area contributed by atoms with E-state index in [1.54, 1.807) is 12.1 Å². The van der Waals surface area contributed by atoms with Gasteiger partial charge in [-0.3, -0.25) is 9.59 Å². The number of carbonyl (C=O) groups is 2. The van der Waals surface area contributed by atoms with Crippen molar-refractivity contribution in [3.05, 3.63) is 52.0 Å². The quantitative estimate of drug-likeness (QED) is 0.629. The molecule has 0 aromatic heterocycles. The lowest BCUT2D eigenvalue weighted by Gasteiger charge is -2.18. The molecule has 0 radical (unpaired) electrons. The maximum absolute atomic E-state index is 12.7. The number of halogens is 5. The molecule has 1 aliphatic carbocycles. The van der Waals surface area contributed by atoms with Crippen molar-refractivity contribution in [3.63, 3.8) is 0 Å². The zero-order valence-electron chi connectivity index (χ0n) is 13.1. The lowest BCUT2D eigenvalue weighted by Crippen LogP contribution is -2.20. The normalized spacial score (nSPS) is 15.6. The predicted octanol–water partition coefficient (Wildman–Crippen LogP) is 5.57. The number of hydrogen-bond acceptors (Lipinski definition) is 3. The molecule has 1 saturated carbocycles. The van der Waals surface area contributed by atoms with E-state index in [1.807, 2.05) is 0 Å². The first-order valence-corrected chi connectivity index (χ1v) is 8.32. The predicted molar refractivity (Wildman–Crippen MR) is 90.6 cm³/mol. The molecule has 3 rings (SSSR count). The van der Waals surface area contributed by atoms with Crippen molar-refractivity contribution in [2.75, 3.05) is 0 Å². The highest BCUT2D eigenvalue weighted by atomic mass is 35.5. The van der Waals surface area contributed by atoms with Crippen LogP contribution in [-0.2, 0) is 9.59 Å². The molecular formula is C18H11Cl2F3O3. The Balaban J connectivity index is 2.14. The minimum atomic E-state index is -4.95. The molecule has 0 atom stereocenters. The van der Waals surface area contributed by atoms with Gasteiger partial charge < -0.3 is 4.74 Å². The molecule has 2 aromatic rings. The van der Waals surface area contributed by atoms with Crippen LogP contribution in [0, 0.1) is 0 Å². The monoisotopic (exact) mass is 402 g/mol. The zero-order chi connectivity index (χ0) is 19.1. The highest BCUT2D eigenvalue weighted by Gasteiger charge is 2.39. The van der Waals surface area contributed by atoms with Crippen LogP contribution in [-0.4, -0.2) is 17.9 Å². The van der Waals surface area contributed by atoms with E-state index in [0.29, 0.717) is 16.1 Å². The molecule has 3 nitrogen and oxygen atoms in total. The highest BCUT2D eigenvalue weighted by molar-refractivity contribution is 6.36. The average molecular weight is 403 g/mol. The number of benzene rings is 2. The maximum atomic E-state index is 12.7. The lowest BCUT2D eigenvalue weighted by molar-refractivity contribution is -0.275. The molecule has 0 N–H and O–H groups in total. The van der Waals surface area contributed by atoms with Gasteiger partial charge in [0, 0.05) is 34.0 Å². The Hall–Kier alpha value is -2.05. The van der Waals surface area contributed by atoms with Crippen molar-refractivity contribution in [3.8, 4) is 16.9 Å². The van der Waals surface area contributed by atoms with E-state index in [0.717, 1.165) is 6.07 Å². The van der Waals surface area contributed by atoms with Crippen molar-refractivity contribution < 1.29 is 27.5 Å². The molecule has 136 valence electrons. The molecule has 2 aromatic carbocycles. The molecule has 8 heteroatoms. The van der Waals surface area contributed by atoms with Crippen LogP contribution >= 0.6 is 23.2 Å². The first-order valence-electron chi connectivity index (χ1n) is 7.56. The fraction of sp³-hybridized carbons (Fsp3) is 0.222. The van der Waals surface area contributed by atoms with Crippen LogP contribution in [0.5, 0.6) is 5.75 Å². The van der Waals surface area contributed by atoms with Crippen LogP contribution in [0.15, 0.2) is 36.4 Å². The molecule has 0 bridgehead atoms. The van der Waals surface area contributed by atoms with Crippen LogP contribution in [0.25, 0.3) is 11.1 Å². The number of ketones is 2. The number of Topliss-reactive ketones (excluding diaryl/α,β-unsaturated/α-hetero) is 2. The minimum absolute atomic E-state index is 0.000880. The third-order valence-electron chi connectivity index (χ3n) is 4.05. The molecule has 0 amide bonds. The van der Waals surface area contributed by atoms with Gasteiger partial charge in [0.15, 0.2) is 0 Å². The number of hydrogen-bond donors (Lipinski definition) is 0. The average Bonchev–Trinajstić information content (AvgIpc) is 2.86. The Morgan fingerprint density at radius 3 is 2.19 bits per heavy atom. The third-order valence-corrected chi connectivity index (χ3v) is 4.60. The van der Waals surface area contributed by atoms with Crippen molar-refractivity contribution in [2.45, 2.75) is 25.1 Å². The van der Waals surface area contributed by atoms with Crippen LogP contribution in [0.2, 0.25) is 10.0 Å². The Labute approximate surface area is 156 Å². The molecular weight excluding hydrogens is 392 g/mol. The van der Waals surface area contributed by atoms with Gasteiger partial charge in [0.05, 0.1) is 0 Å². The van der Waals surface area contributed by atoms with Gasteiger partial charge in [-0.2, -0.15) is 0 Å². The Kier molecular flexibility index (Phi) is 4.99. The topological polar surface area (TPSA) is 43.4 Å². The van der Waals surface area contributed by atoms with Gasteiger partial charge in [-0.15, -0.1) is 13.2 Å². The summed E-state index contributed by atoms with van der Waals surface area (Å²) in [5.74, 6) is -2.69. The zero-order valence-corrected chi connectivity index (χ0v) is 14.6. The van der Waals surface area contributed by atoms with E-state index in [2.05, 4.69) is 4.74 Å². The van der Waals surface area contributed by atoms with Gasteiger partial charge >= 0.3 is 6.36 Å². The minimum Gasteiger partial charge on any atom is -0.405 e. The van der Waals surface area contributed by atoms with E-state index < -0.39 is 29.6 Å². The summed E-state index contributed by atoms with van der Waals surface area (Å²) in [5, 5.41) is 0.689. The van der Waals surface area contributed by atoms with Gasteiger partial charge in [-0.1, -0.05) is 35.3 Å². The SMILES string of the molecule is O=C1CCC(=O)C1c1cc(-c2ccc(Cl)cc2Cl)ccc1OC(F)(F)F. The fourth-order valence-corrected chi connectivity index (χ4v) is 3.46. The first-order chi connectivity index (χ1) is 12.2. The molecule has 0 unspecified atom stereocenters. The van der Waals surface area contributed by atoms with Gasteiger partial charge in [0.1, 0.15) is 23.2 Å². The van der Waals surface area contributed by atoms with Crippen LogP contribution in [0.3, 0.4) is 0 Å². The fourth-order valence-electron chi connectivity index (χ4n) is 2.94. The summed E-state index contributed by atoms with van der Waals surface area (Å²) in [4.78, 5) is 24.1. The summed E-state index contributed by atoms with van der Waals surface area (Å²) < 4.78 is 42.1. The van der Waals surface area contributed by atoms with Gasteiger partial charge in [0.25, 0.3) is 0 Å². The molecule has 0 aliphatic heterocycles. The van der Waals surface area contributed by atoms with E-state index in [9.17, 15) is 22.8 Å². The first kappa shape index (κ1) is 18.7. The standard InChI is InChI=1S/C18H11Cl2F3O3/c19-10-2-3-11(13(20)8-10)9-1-6-16(26-18(21,22)23)12(7-9)17-14(24)4-5-15(17)25/h1-3,6-8,17H,4-5H2. The van der Waals surface area contributed by atoms with Crippen molar-refractivity contribution in [1.82, 2.24) is 0 Å². The molecule has 0 spiro atoms. The summed E-state index contributed by atoms with van der Waals surface area (Å²) in [7, 11) is 0. The smallest absolute Gasteiger partial charge is 0.405 e. The van der Waals surface area contributed by atoms with Gasteiger partial charge in [-0.25, -0.2) is 0 Å². The second-order valence-corrected chi connectivity index (χ2v) is 6.63. The largest absolute Gasteiger partial charge is 0.573 e. The third kappa shape index (κ3) is 3.86. The van der Waals surface area contributed by atoms with Crippen molar-refractivity contribution in [1.29, 1.82) is 0 Å².